The van der Waals surface area contributed by atoms with Gasteiger partial charge in [0, 0.05) is 7.05 Å². The van der Waals surface area contributed by atoms with Gasteiger partial charge in [-0.05, 0) is 49.3 Å². The third-order valence-electron chi connectivity index (χ3n) is 2.88. The summed E-state index contributed by atoms with van der Waals surface area (Å²) in [7, 11) is 1.74. The number of hydrogen-bond acceptors (Lipinski definition) is 4. The third kappa shape index (κ3) is 6.76. The summed E-state index contributed by atoms with van der Waals surface area (Å²) in [6, 6.07) is 5.76. The van der Waals surface area contributed by atoms with Gasteiger partial charge in [0.2, 0.25) is 0 Å². The SMILES string of the molecule is CCCCCOc1ccc(/C=N/NC(=S)NC)cc1OCC. The van der Waals surface area contributed by atoms with Crippen molar-refractivity contribution in [2.75, 3.05) is 20.3 Å². The van der Waals surface area contributed by atoms with E-state index in [4.69, 9.17) is 21.7 Å². The minimum Gasteiger partial charge on any atom is -0.490 e. The number of ether oxygens (including phenoxy) is 2. The Morgan fingerprint density at radius 1 is 1.23 bits per heavy atom. The van der Waals surface area contributed by atoms with E-state index in [-0.39, 0.29) is 0 Å². The molecule has 1 aromatic carbocycles. The number of nitrogens with zero attached hydrogens (tertiary/aromatic N) is 1. The normalized spacial score (nSPS) is 10.5. The number of benzene rings is 1. The average Bonchev–Trinajstić information content (AvgIpc) is 2.53. The van der Waals surface area contributed by atoms with Gasteiger partial charge in [0.1, 0.15) is 0 Å². The van der Waals surface area contributed by atoms with Crippen LogP contribution in [-0.4, -0.2) is 31.6 Å². The van der Waals surface area contributed by atoms with Crippen molar-refractivity contribution in [1.29, 1.82) is 0 Å². The summed E-state index contributed by atoms with van der Waals surface area (Å²) in [5.74, 6) is 1.51. The number of rotatable bonds is 9. The Kier molecular flexibility index (Phi) is 8.98. The molecule has 0 bridgehead atoms. The first kappa shape index (κ1) is 18.2. The molecule has 0 aliphatic heterocycles. The maximum Gasteiger partial charge on any atom is 0.186 e. The Balaban J connectivity index is 2.69. The fraction of sp³-hybridized carbons (Fsp3) is 0.500. The van der Waals surface area contributed by atoms with Crippen molar-refractivity contribution in [3.05, 3.63) is 23.8 Å². The molecule has 0 aliphatic rings. The number of nitrogens with one attached hydrogen (secondary N) is 2. The van der Waals surface area contributed by atoms with Crippen molar-refractivity contribution in [3.63, 3.8) is 0 Å². The molecular formula is C16H25N3O2S. The van der Waals surface area contributed by atoms with Crippen molar-refractivity contribution < 1.29 is 9.47 Å². The second-order valence-electron chi connectivity index (χ2n) is 4.64. The maximum atomic E-state index is 5.79. The fourth-order valence-electron chi connectivity index (χ4n) is 1.75. The first-order valence-electron chi connectivity index (χ1n) is 7.61. The molecule has 0 aromatic heterocycles. The molecular weight excluding hydrogens is 298 g/mol. The van der Waals surface area contributed by atoms with Crippen LogP contribution in [0.15, 0.2) is 23.3 Å². The molecule has 6 heteroatoms. The first-order chi connectivity index (χ1) is 10.7. The second-order valence-corrected chi connectivity index (χ2v) is 5.05. The average molecular weight is 323 g/mol. The van der Waals surface area contributed by atoms with Crippen molar-refractivity contribution in [2.45, 2.75) is 33.1 Å². The standard InChI is InChI=1S/C16H25N3O2S/c1-4-6-7-10-21-14-9-8-13(11-15(14)20-5-2)12-18-19-16(22)17-3/h8-9,11-12H,4-7,10H2,1-3H3,(H2,17,19,22)/b18-12+. The highest BCUT2D eigenvalue weighted by molar-refractivity contribution is 7.80. The second kappa shape index (κ2) is 10.8. The van der Waals surface area contributed by atoms with Crippen LogP contribution in [0.5, 0.6) is 11.5 Å². The molecule has 0 unspecified atom stereocenters. The molecule has 0 spiro atoms. The molecule has 0 saturated carbocycles. The summed E-state index contributed by atoms with van der Waals surface area (Å²) in [5, 5.41) is 7.31. The van der Waals surface area contributed by atoms with Crippen LogP contribution in [-0.2, 0) is 0 Å². The van der Waals surface area contributed by atoms with Crippen molar-refractivity contribution >= 4 is 23.5 Å². The van der Waals surface area contributed by atoms with Gasteiger partial charge in [-0.15, -0.1) is 0 Å². The lowest BCUT2D eigenvalue weighted by atomic mass is 10.2. The highest BCUT2D eigenvalue weighted by atomic mass is 32.1. The van der Waals surface area contributed by atoms with Gasteiger partial charge in [0.25, 0.3) is 0 Å². The fourth-order valence-corrected chi connectivity index (χ4v) is 1.80. The Morgan fingerprint density at radius 3 is 2.73 bits per heavy atom. The van der Waals surface area contributed by atoms with Crippen LogP contribution in [0.1, 0.15) is 38.7 Å². The predicted octanol–water partition coefficient (Wildman–Crippen LogP) is 3.08. The molecule has 1 aromatic rings. The van der Waals surface area contributed by atoms with Crippen LogP contribution in [0.4, 0.5) is 0 Å². The quantitative estimate of drug-likeness (QED) is 0.316. The molecule has 0 radical (unpaired) electrons. The zero-order valence-electron chi connectivity index (χ0n) is 13.5. The van der Waals surface area contributed by atoms with E-state index in [0.29, 0.717) is 18.3 Å². The topological polar surface area (TPSA) is 54.9 Å². The van der Waals surface area contributed by atoms with E-state index in [1.807, 2.05) is 25.1 Å². The summed E-state index contributed by atoms with van der Waals surface area (Å²) in [5.41, 5.74) is 3.63. The van der Waals surface area contributed by atoms with Gasteiger partial charge in [-0.2, -0.15) is 5.10 Å². The minimum atomic E-state index is 0.470. The van der Waals surface area contributed by atoms with Crippen LogP contribution in [0, 0.1) is 0 Å². The van der Waals surface area contributed by atoms with Gasteiger partial charge in [0.15, 0.2) is 16.6 Å². The predicted molar refractivity (Wildman–Crippen MR) is 95.0 cm³/mol. The van der Waals surface area contributed by atoms with E-state index >= 15 is 0 Å². The van der Waals surface area contributed by atoms with E-state index in [2.05, 4.69) is 22.8 Å². The maximum absolute atomic E-state index is 5.79. The largest absolute Gasteiger partial charge is 0.490 e. The van der Waals surface area contributed by atoms with Gasteiger partial charge in [-0.3, -0.25) is 5.43 Å². The number of thiocarbonyl (C=S) groups is 1. The molecule has 0 fully saturated rings. The van der Waals surface area contributed by atoms with Crippen LogP contribution in [0.3, 0.4) is 0 Å². The zero-order valence-corrected chi connectivity index (χ0v) is 14.3. The molecule has 0 saturated heterocycles. The van der Waals surface area contributed by atoms with Crippen molar-refractivity contribution in [1.82, 2.24) is 10.7 Å². The number of unbranched alkanes of at least 4 members (excludes halogenated alkanes) is 2. The summed E-state index contributed by atoms with van der Waals surface area (Å²) in [6.45, 7) is 5.43. The first-order valence-corrected chi connectivity index (χ1v) is 8.02. The number of hydrazone groups is 1. The van der Waals surface area contributed by atoms with E-state index in [9.17, 15) is 0 Å². The molecule has 22 heavy (non-hydrogen) atoms. The van der Waals surface area contributed by atoms with Crippen molar-refractivity contribution in [2.24, 2.45) is 5.10 Å². The Hall–Kier alpha value is -1.82. The monoisotopic (exact) mass is 323 g/mol. The third-order valence-corrected chi connectivity index (χ3v) is 3.18. The molecule has 122 valence electrons. The van der Waals surface area contributed by atoms with Gasteiger partial charge < -0.3 is 14.8 Å². The van der Waals surface area contributed by atoms with Crippen LogP contribution in [0.25, 0.3) is 0 Å². The van der Waals surface area contributed by atoms with E-state index < -0.39 is 0 Å². The Morgan fingerprint density at radius 2 is 2.05 bits per heavy atom. The molecule has 0 amide bonds. The van der Waals surface area contributed by atoms with Crippen LogP contribution < -0.4 is 20.2 Å². The van der Waals surface area contributed by atoms with Crippen LogP contribution in [0.2, 0.25) is 0 Å². The highest BCUT2D eigenvalue weighted by Gasteiger charge is 2.05. The lowest BCUT2D eigenvalue weighted by Gasteiger charge is -2.12. The smallest absolute Gasteiger partial charge is 0.186 e. The van der Waals surface area contributed by atoms with E-state index in [1.165, 1.54) is 12.8 Å². The van der Waals surface area contributed by atoms with Crippen LogP contribution >= 0.6 is 12.2 Å². The van der Waals surface area contributed by atoms with E-state index in [0.717, 1.165) is 23.5 Å². The summed E-state index contributed by atoms with van der Waals surface area (Å²) >= 11 is 4.95. The van der Waals surface area contributed by atoms with Gasteiger partial charge in [-0.25, -0.2) is 0 Å². The lowest BCUT2D eigenvalue weighted by molar-refractivity contribution is 0.271. The van der Waals surface area contributed by atoms with Gasteiger partial charge in [0.05, 0.1) is 19.4 Å². The summed E-state index contributed by atoms with van der Waals surface area (Å²) in [6.07, 6.45) is 5.09. The van der Waals surface area contributed by atoms with Crippen molar-refractivity contribution in [3.8, 4) is 11.5 Å². The summed E-state index contributed by atoms with van der Waals surface area (Å²) in [4.78, 5) is 0. The zero-order chi connectivity index (χ0) is 16.2. The molecule has 2 N–H and O–H groups in total. The van der Waals surface area contributed by atoms with E-state index in [1.54, 1.807) is 13.3 Å². The Bertz CT molecular complexity index is 492. The molecule has 1 rings (SSSR count). The summed E-state index contributed by atoms with van der Waals surface area (Å²) < 4.78 is 11.4. The lowest BCUT2D eigenvalue weighted by Crippen LogP contribution is -2.28. The Labute approximate surface area is 138 Å². The van der Waals surface area contributed by atoms with Gasteiger partial charge in [-0.1, -0.05) is 19.8 Å². The molecule has 0 atom stereocenters. The minimum absolute atomic E-state index is 0.470. The molecule has 0 aliphatic carbocycles. The number of hydrogen-bond donors (Lipinski definition) is 2. The van der Waals surface area contributed by atoms with Gasteiger partial charge >= 0.3 is 0 Å². The molecule has 0 heterocycles. The molecule has 5 nitrogen and oxygen atoms in total. The highest BCUT2D eigenvalue weighted by Crippen LogP contribution is 2.28.